The second-order valence-corrected chi connectivity index (χ2v) is 23.2. The lowest BCUT2D eigenvalue weighted by Gasteiger charge is -2.26. The van der Waals surface area contributed by atoms with Crippen LogP contribution in [0.1, 0.15) is 194 Å². The van der Waals surface area contributed by atoms with Crippen LogP contribution in [-0.4, -0.2) is 138 Å². The summed E-state index contributed by atoms with van der Waals surface area (Å²) in [6, 6.07) is 0. The van der Waals surface area contributed by atoms with E-state index in [1.165, 1.54) is 96.3 Å². The molecule has 0 saturated carbocycles. The van der Waals surface area contributed by atoms with Gasteiger partial charge < -0.3 is 33.0 Å². The summed E-state index contributed by atoms with van der Waals surface area (Å²) in [5.74, 6) is -0.940. The molecule has 0 spiro atoms. The van der Waals surface area contributed by atoms with Crippen molar-refractivity contribution in [2.24, 2.45) is 0 Å². The predicted molar refractivity (Wildman–Crippen MR) is 270 cm³/mol. The van der Waals surface area contributed by atoms with Gasteiger partial charge in [-0.05, 0) is 38.5 Å². The van der Waals surface area contributed by atoms with Gasteiger partial charge in [0.1, 0.15) is 51.7 Å². The van der Waals surface area contributed by atoms with Crippen molar-refractivity contribution < 1.29 is 69.8 Å². The summed E-state index contributed by atoms with van der Waals surface area (Å²) in [5.41, 5.74) is 0. The van der Waals surface area contributed by atoms with Crippen LogP contribution in [0.3, 0.4) is 0 Å². The van der Waals surface area contributed by atoms with Crippen LogP contribution in [0.2, 0.25) is 0 Å². The lowest BCUT2D eigenvalue weighted by Crippen LogP contribution is -2.37. The lowest BCUT2D eigenvalue weighted by atomic mass is 10.0. The third kappa shape index (κ3) is 48.2. The fourth-order valence-corrected chi connectivity index (χ4v) is 8.55. The number of esters is 2. The smallest absolute Gasteiger partial charge is 0.463 e. The quantitative estimate of drug-likeness (QED) is 0.0194. The van der Waals surface area contributed by atoms with Gasteiger partial charge in [0, 0.05) is 12.8 Å². The zero-order valence-electron chi connectivity index (χ0n) is 43.9. The molecule has 0 aliphatic rings. The Balaban J connectivity index is 5.25. The Bertz CT molecular complexity index is 1330. The van der Waals surface area contributed by atoms with Gasteiger partial charge in [0.05, 0.1) is 55.5 Å². The minimum Gasteiger partial charge on any atom is -0.463 e. The zero-order valence-corrected chi connectivity index (χ0v) is 45.7. The molecule has 2 unspecified atom stereocenters. The Morgan fingerprint density at radius 3 is 1.22 bits per heavy atom. The molecular formula is C50H102N2O13P2+2. The topological polar surface area (TPSA) is 173 Å². The SMILES string of the molecule is CCCCCCCCC=CCCCCCCCC(=O)OC[C@H](CO[C@H](COC(=O)CCCCCCCCCCCCCCC)COP(=O)(O)OCC[N+](C)(C)C)OP(=O)(O)OCC[N+](C)(C)C. The highest BCUT2D eigenvalue weighted by atomic mass is 31.2. The maximum absolute atomic E-state index is 13.1. The van der Waals surface area contributed by atoms with E-state index in [1.807, 2.05) is 42.3 Å². The van der Waals surface area contributed by atoms with E-state index in [1.54, 1.807) is 0 Å². The number of rotatable bonds is 49. The number of likely N-dealkylation sites (N-methyl/N-ethyl adjacent to an activating group) is 2. The van der Waals surface area contributed by atoms with Gasteiger partial charge in [0.2, 0.25) is 0 Å². The van der Waals surface area contributed by atoms with Crippen molar-refractivity contribution in [2.45, 2.75) is 206 Å². The Kier molecular flexibility index (Phi) is 40.6. The van der Waals surface area contributed by atoms with Crippen LogP contribution in [0.15, 0.2) is 12.2 Å². The molecule has 0 aromatic rings. The molecule has 0 aromatic carbocycles. The largest absolute Gasteiger partial charge is 0.472 e. The van der Waals surface area contributed by atoms with E-state index in [2.05, 4.69) is 26.0 Å². The molecule has 398 valence electrons. The molecule has 15 nitrogen and oxygen atoms in total. The van der Waals surface area contributed by atoms with Gasteiger partial charge in [-0.25, -0.2) is 9.13 Å². The van der Waals surface area contributed by atoms with Crippen LogP contribution in [0.4, 0.5) is 0 Å². The van der Waals surface area contributed by atoms with Crippen LogP contribution in [0.5, 0.6) is 0 Å². The predicted octanol–water partition coefficient (Wildman–Crippen LogP) is 12.0. The third-order valence-electron chi connectivity index (χ3n) is 11.2. The molecule has 67 heavy (non-hydrogen) atoms. The second-order valence-electron chi connectivity index (χ2n) is 20.3. The molecule has 0 radical (unpaired) electrons. The van der Waals surface area contributed by atoms with Crippen LogP contribution in [0, 0.1) is 0 Å². The van der Waals surface area contributed by atoms with Crippen molar-refractivity contribution in [2.75, 3.05) is 95.0 Å². The van der Waals surface area contributed by atoms with Crippen molar-refractivity contribution in [3.8, 4) is 0 Å². The number of phosphoric ester groups is 2. The first-order valence-corrected chi connectivity index (χ1v) is 29.2. The monoisotopic (exact) mass is 1000 g/mol. The van der Waals surface area contributed by atoms with Crippen molar-refractivity contribution >= 4 is 27.6 Å². The highest BCUT2D eigenvalue weighted by Gasteiger charge is 2.31. The Morgan fingerprint density at radius 2 is 0.821 bits per heavy atom. The molecule has 0 amide bonds. The number of phosphoric acid groups is 2. The average Bonchev–Trinajstić information content (AvgIpc) is 3.24. The average molecular weight is 1000 g/mol. The molecule has 17 heteroatoms. The van der Waals surface area contributed by atoms with Crippen LogP contribution < -0.4 is 0 Å². The van der Waals surface area contributed by atoms with Gasteiger partial charge in [-0.1, -0.05) is 154 Å². The Labute approximate surface area is 409 Å². The number of hydrogen-bond donors (Lipinski definition) is 2. The van der Waals surface area contributed by atoms with Crippen molar-refractivity contribution in [3.05, 3.63) is 12.2 Å². The number of carbonyl (C=O) groups excluding carboxylic acids is 2. The number of nitrogens with zero attached hydrogens (tertiary/aromatic N) is 2. The highest BCUT2D eigenvalue weighted by molar-refractivity contribution is 7.47. The summed E-state index contributed by atoms with van der Waals surface area (Å²) in [6.07, 6.45) is 32.7. The van der Waals surface area contributed by atoms with E-state index in [0.717, 1.165) is 57.8 Å². The first-order chi connectivity index (χ1) is 31.8. The van der Waals surface area contributed by atoms with Gasteiger partial charge in [-0.3, -0.25) is 27.7 Å². The van der Waals surface area contributed by atoms with E-state index >= 15 is 0 Å². The summed E-state index contributed by atoms with van der Waals surface area (Å²) in [6.45, 7) is 3.51. The summed E-state index contributed by atoms with van der Waals surface area (Å²) in [5, 5.41) is 0. The maximum atomic E-state index is 13.1. The molecule has 0 bridgehead atoms. The first-order valence-electron chi connectivity index (χ1n) is 26.2. The molecule has 4 atom stereocenters. The molecule has 2 N–H and O–H groups in total. The molecule has 0 rings (SSSR count). The molecule has 0 aliphatic heterocycles. The van der Waals surface area contributed by atoms with Crippen LogP contribution in [-0.2, 0) is 51.0 Å². The summed E-state index contributed by atoms with van der Waals surface area (Å²) >= 11 is 0. The van der Waals surface area contributed by atoms with E-state index in [9.17, 15) is 28.5 Å². The number of allylic oxidation sites excluding steroid dienone is 2. The molecule has 0 aliphatic carbocycles. The number of ether oxygens (including phenoxy) is 3. The van der Waals surface area contributed by atoms with Gasteiger partial charge >= 0.3 is 27.6 Å². The lowest BCUT2D eigenvalue weighted by molar-refractivity contribution is -0.870. The van der Waals surface area contributed by atoms with E-state index in [0.29, 0.717) is 34.9 Å². The van der Waals surface area contributed by atoms with Crippen LogP contribution >= 0.6 is 15.6 Å². The Hall–Kier alpha value is -1.22. The van der Waals surface area contributed by atoms with Gasteiger partial charge in [0.25, 0.3) is 0 Å². The van der Waals surface area contributed by atoms with Crippen molar-refractivity contribution in [1.29, 1.82) is 0 Å². The molecule has 0 saturated heterocycles. The zero-order chi connectivity index (χ0) is 50.1. The second kappa shape index (κ2) is 41.4. The molecule has 0 fully saturated rings. The number of unbranched alkanes of at least 4 members (excludes halogenated alkanes) is 23. The number of carbonyl (C=O) groups is 2. The minimum atomic E-state index is -4.65. The Morgan fingerprint density at radius 1 is 0.463 bits per heavy atom. The fraction of sp³-hybridized carbons (Fsp3) is 0.920. The van der Waals surface area contributed by atoms with E-state index < -0.39 is 59.6 Å². The maximum Gasteiger partial charge on any atom is 0.472 e. The summed E-state index contributed by atoms with van der Waals surface area (Å²) in [7, 11) is 2.29. The first kappa shape index (κ1) is 65.8. The highest BCUT2D eigenvalue weighted by Crippen LogP contribution is 2.45. The van der Waals surface area contributed by atoms with Gasteiger partial charge in [-0.2, -0.15) is 0 Å². The molecular weight excluding hydrogens is 898 g/mol. The normalized spacial score (nSPS) is 15.1. The van der Waals surface area contributed by atoms with E-state index in [4.69, 9.17) is 32.3 Å². The molecule has 0 heterocycles. The minimum absolute atomic E-state index is 0.0466. The summed E-state index contributed by atoms with van der Waals surface area (Å²) in [4.78, 5) is 46.6. The standard InChI is InChI=1S/C50H100N2O13P2/c1-9-11-13-15-17-19-21-23-24-26-28-30-32-34-36-38-50(54)61-45-48(65-67(57,58)63-42-40-52(6,7)8)44-59-47(46-64-66(55,56)62-41-39-51(3,4)5)43-60-49(53)37-35-33-31-29-27-25-22-20-18-16-14-12-10-2/h23-24,47-48H,9-22,25-46H2,1-8H3/p+2/t47-,48+/m1/s1. The van der Waals surface area contributed by atoms with Gasteiger partial charge in [0.15, 0.2) is 0 Å². The van der Waals surface area contributed by atoms with Crippen molar-refractivity contribution in [3.63, 3.8) is 0 Å². The fourth-order valence-electron chi connectivity index (χ4n) is 6.93. The van der Waals surface area contributed by atoms with Crippen LogP contribution in [0.25, 0.3) is 0 Å². The van der Waals surface area contributed by atoms with E-state index in [-0.39, 0.29) is 32.7 Å². The van der Waals surface area contributed by atoms with Gasteiger partial charge in [-0.15, -0.1) is 0 Å². The number of hydrogen-bond acceptors (Lipinski definition) is 11. The molecule has 0 aromatic heterocycles. The number of quaternary nitrogens is 2. The summed E-state index contributed by atoms with van der Waals surface area (Å²) < 4.78 is 64.9. The van der Waals surface area contributed by atoms with Crippen molar-refractivity contribution in [1.82, 2.24) is 0 Å². The third-order valence-corrected chi connectivity index (χ3v) is 13.3.